The normalized spacial score (nSPS) is 23.5. The Morgan fingerprint density at radius 3 is 2.77 bits per heavy atom. The molecular weight excluding hydrogens is 403 g/mol. The summed E-state index contributed by atoms with van der Waals surface area (Å²) < 4.78 is 19.6. The van der Waals surface area contributed by atoms with Crippen molar-refractivity contribution in [2.75, 3.05) is 6.54 Å². The van der Waals surface area contributed by atoms with Crippen LogP contribution in [0.2, 0.25) is 0 Å². The van der Waals surface area contributed by atoms with Crippen molar-refractivity contribution in [2.24, 2.45) is 5.92 Å². The molecule has 2 N–H and O–H groups in total. The molecule has 3 rings (SSSR count). The van der Waals surface area contributed by atoms with Gasteiger partial charge < -0.3 is 15.4 Å². The highest BCUT2D eigenvalue weighted by atomic mass is 19.1. The van der Waals surface area contributed by atoms with Gasteiger partial charge in [-0.1, -0.05) is 18.9 Å². The summed E-state index contributed by atoms with van der Waals surface area (Å²) >= 11 is 0. The van der Waals surface area contributed by atoms with Gasteiger partial charge in [0.05, 0.1) is 18.2 Å². The Morgan fingerprint density at radius 1 is 1.39 bits per heavy atom. The van der Waals surface area contributed by atoms with E-state index in [4.69, 9.17) is 10.00 Å². The van der Waals surface area contributed by atoms with E-state index in [1.807, 2.05) is 6.07 Å². The molecule has 2 atom stereocenters. The number of urea groups is 1. The first-order valence-electron chi connectivity index (χ1n) is 10.4. The summed E-state index contributed by atoms with van der Waals surface area (Å²) in [5.41, 5.74) is -1.46. The molecule has 9 heteroatoms. The Balaban J connectivity index is 1.75. The van der Waals surface area contributed by atoms with Crippen LogP contribution in [0.15, 0.2) is 18.2 Å². The second-order valence-electron chi connectivity index (χ2n) is 9.04. The van der Waals surface area contributed by atoms with E-state index >= 15 is 0 Å². The van der Waals surface area contributed by atoms with Crippen molar-refractivity contribution in [3.63, 3.8) is 0 Å². The fourth-order valence-corrected chi connectivity index (χ4v) is 4.19. The van der Waals surface area contributed by atoms with Crippen molar-refractivity contribution in [1.29, 1.82) is 5.26 Å². The quantitative estimate of drug-likeness (QED) is 0.713. The first-order chi connectivity index (χ1) is 14.6. The number of imide groups is 1. The number of hydrogen-bond donors (Lipinski definition) is 2. The van der Waals surface area contributed by atoms with E-state index < -0.39 is 35.0 Å². The Hall–Kier alpha value is -3.15. The average Bonchev–Trinajstić information content (AvgIpc) is 2.92. The summed E-state index contributed by atoms with van der Waals surface area (Å²) in [6.07, 6.45) is 2.15. The maximum absolute atomic E-state index is 14.3. The summed E-state index contributed by atoms with van der Waals surface area (Å²) in [5, 5.41) is 14.4. The van der Waals surface area contributed by atoms with Crippen LogP contribution in [0.1, 0.15) is 57.6 Å². The highest BCUT2D eigenvalue weighted by molar-refractivity contribution is 6.07. The second kappa shape index (κ2) is 8.53. The number of nitrogens with one attached hydrogen (secondary N) is 2. The molecule has 0 unspecified atom stereocenters. The molecule has 8 nitrogen and oxygen atoms in total. The molecule has 1 aromatic carbocycles. The van der Waals surface area contributed by atoms with Crippen molar-refractivity contribution in [1.82, 2.24) is 15.5 Å². The maximum Gasteiger partial charge on any atom is 0.407 e. The van der Waals surface area contributed by atoms with Gasteiger partial charge in [-0.25, -0.2) is 14.0 Å². The molecule has 1 saturated carbocycles. The van der Waals surface area contributed by atoms with Gasteiger partial charge >= 0.3 is 12.1 Å². The lowest BCUT2D eigenvalue weighted by molar-refractivity contribution is -0.135. The number of ether oxygens (including phenoxy) is 1. The molecule has 1 aliphatic heterocycles. The standard InChI is InChI=1S/C22H27FN4O4/c1-21(2,3)31-20(30)25-12-16-6-4-5-9-22(16)18(28)27(19(29)26-22)13-15-8-7-14(11-24)10-17(15)23/h7-8,10,16H,4-6,9,12-13H2,1-3H3,(H,25,30)(H,26,29)/t16-,22+/m1/s1. The molecule has 1 heterocycles. The molecule has 0 aromatic heterocycles. The molecule has 1 aromatic rings. The maximum atomic E-state index is 14.3. The van der Waals surface area contributed by atoms with E-state index in [1.165, 1.54) is 12.1 Å². The third-order valence-electron chi connectivity index (χ3n) is 5.67. The van der Waals surface area contributed by atoms with E-state index in [9.17, 15) is 18.8 Å². The third-order valence-corrected chi connectivity index (χ3v) is 5.67. The van der Waals surface area contributed by atoms with Crippen LogP contribution in [0.4, 0.5) is 14.0 Å². The Morgan fingerprint density at radius 2 is 2.13 bits per heavy atom. The molecule has 2 aliphatic rings. The number of halogens is 1. The molecule has 4 amide bonds. The summed E-state index contributed by atoms with van der Waals surface area (Å²) in [6, 6.07) is 5.20. The van der Waals surface area contributed by atoms with Gasteiger partial charge in [0.2, 0.25) is 0 Å². The Bertz CT molecular complexity index is 936. The number of hydrogen-bond acceptors (Lipinski definition) is 5. The zero-order valence-corrected chi connectivity index (χ0v) is 18.0. The minimum atomic E-state index is -1.13. The van der Waals surface area contributed by atoms with Crippen LogP contribution < -0.4 is 10.6 Å². The number of carbonyl (C=O) groups excluding carboxylic acids is 3. The predicted molar refractivity (Wildman–Crippen MR) is 109 cm³/mol. The zero-order valence-electron chi connectivity index (χ0n) is 18.0. The summed E-state index contributed by atoms with van der Waals surface area (Å²) in [4.78, 5) is 39.1. The van der Waals surface area contributed by atoms with Crippen molar-refractivity contribution >= 4 is 18.0 Å². The van der Waals surface area contributed by atoms with Gasteiger partial charge in [0.15, 0.2) is 0 Å². The molecule has 31 heavy (non-hydrogen) atoms. The van der Waals surface area contributed by atoms with Crippen molar-refractivity contribution in [3.8, 4) is 6.07 Å². The SMILES string of the molecule is CC(C)(C)OC(=O)NC[C@H]1CCCC[C@]12NC(=O)N(Cc1ccc(C#N)cc1F)C2=O. The lowest BCUT2D eigenvalue weighted by atomic mass is 9.72. The molecule has 0 radical (unpaired) electrons. The van der Waals surface area contributed by atoms with Crippen LogP contribution >= 0.6 is 0 Å². The van der Waals surface area contributed by atoms with Crippen LogP contribution in [-0.2, 0) is 16.1 Å². The van der Waals surface area contributed by atoms with Gasteiger partial charge in [-0.05, 0) is 45.7 Å². The fraction of sp³-hybridized carbons (Fsp3) is 0.545. The van der Waals surface area contributed by atoms with E-state index in [2.05, 4.69) is 10.6 Å². The van der Waals surface area contributed by atoms with Gasteiger partial charge in [0.25, 0.3) is 5.91 Å². The Labute approximate surface area is 180 Å². The van der Waals surface area contributed by atoms with Gasteiger partial charge in [0, 0.05) is 18.0 Å². The molecular formula is C22H27FN4O4. The molecule has 1 spiro atoms. The van der Waals surface area contributed by atoms with Crippen LogP contribution in [0.25, 0.3) is 0 Å². The molecule has 2 fully saturated rings. The lowest BCUT2D eigenvalue weighted by Crippen LogP contribution is -2.57. The van der Waals surface area contributed by atoms with Crippen LogP contribution in [0, 0.1) is 23.1 Å². The van der Waals surface area contributed by atoms with Crippen LogP contribution in [0.5, 0.6) is 0 Å². The highest BCUT2D eigenvalue weighted by Gasteiger charge is 2.56. The van der Waals surface area contributed by atoms with Crippen LogP contribution in [0.3, 0.4) is 0 Å². The van der Waals surface area contributed by atoms with Crippen LogP contribution in [-0.4, -0.2) is 40.6 Å². The van der Waals surface area contributed by atoms with E-state index in [1.54, 1.807) is 20.8 Å². The molecule has 1 aliphatic carbocycles. The number of nitriles is 1. The van der Waals surface area contributed by atoms with E-state index in [0.29, 0.717) is 12.8 Å². The number of carbonyl (C=O) groups is 3. The Kier molecular flexibility index (Phi) is 6.20. The van der Waals surface area contributed by atoms with Crippen molar-refractivity contribution in [3.05, 3.63) is 35.1 Å². The smallest absolute Gasteiger partial charge is 0.407 e. The summed E-state index contributed by atoms with van der Waals surface area (Å²) in [5.74, 6) is -1.37. The molecule has 0 bridgehead atoms. The van der Waals surface area contributed by atoms with Gasteiger partial charge in [-0.15, -0.1) is 0 Å². The monoisotopic (exact) mass is 430 g/mol. The van der Waals surface area contributed by atoms with Gasteiger partial charge in [-0.3, -0.25) is 9.69 Å². The number of alkyl carbamates (subject to hydrolysis) is 1. The first kappa shape index (κ1) is 22.5. The summed E-state index contributed by atoms with van der Waals surface area (Å²) in [6.45, 7) is 5.23. The second-order valence-corrected chi connectivity index (χ2v) is 9.04. The van der Waals surface area contributed by atoms with Gasteiger partial charge in [0.1, 0.15) is 17.0 Å². The number of nitrogens with zero attached hydrogens (tertiary/aromatic N) is 2. The predicted octanol–water partition coefficient (Wildman–Crippen LogP) is 3.20. The minimum Gasteiger partial charge on any atom is -0.444 e. The van der Waals surface area contributed by atoms with E-state index in [0.717, 1.165) is 23.8 Å². The first-order valence-corrected chi connectivity index (χ1v) is 10.4. The fourth-order valence-electron chi connectivity index (χ4n) is 4.19. The number of benzene rings is 1. The largest absolute Gasteiger partial charge is 0.444 e. The number of amides is 4. The zero-order chi connectivity index (χ0) is 22.8. The number of rotatable bonds is 4. The highest BCUT2D eigenvalue weighted by Crippen LogP contribution is 2.39. The van der Waals surface area contributed by atoms with Gasteiger partial charge in [-0.2, -0.15) is 5.26 Å². The minimum absolute atomic E-state index is 0.152. The average molecular weight is 430 g/mol. The van der Waals surface area contributed by atoms with Crippen molar-refractivity contribution in [2.45, 2.75) is 64.1 Å². The third kappa shape index (κ3) is 4.79. The molecule has 166 valence electrons. The topological polar surface area (TPSA) is 112 Å². The van der Waals surface area contributed by atoms with Crippen molar-refractivity contribution < 1.29 is 23.5 Å². The lowest BCUT2D eigenvalue weighted by Gasteiger charge is -2.39. The van der Waals surface area contributed by atoms with E-state index in [-0.39, 0.29) is 30.1 Å². The molecule has 1 saturated heterocycles. The summed E-state index contributed by atoms with van der Waals surface area (Å²) in [7, 11) is 0.